The fraction of sp³-hybridized carbons (Fsp3) is 0.389. The van der Waals surface area contributed by atoms with E-state index in [4.69, 9.17) is 9.47 Å². The van der Waals surface area contributed by atoms with Crippen molar-refractivity contribution in [2.75, 3.05) is 0 Å². The molecule has 24 heavy (non-hydrogen) atoms. The molecule has 1 atom stereocenters. The van der Waals surface area contributed by atoms with Gasteiger partial charge in [-0.1, -0.05) is 36.4 Å². The standard InChI is InChI=1S/C18H21NO5/c1-18(2,3)24-17(22)19-14(10-7-11-15(19)20)16(21)23-12-13-8-5-4-6-9-13/h4-9,11,14H,10,12H2,1-3H3/t14-/m0/s1. The van der Waals surface area contributed by atoms with E-state index in [0.29, 0.717) is 0 Å². The maximum atomic E-state index is 12.3. The van der Waals surface area contributed by atoms with Crippen LogP contribution in [0.3, 0.4) is 0 Å². The molecule has 2 amide bonds. The first-order valence-electron chi connectivity index (χ1n) is 7.71. The first-order valence-corrected chi connectivity index (χ1v) is 7.71. The Labute approximate surface area is 141 Å². The van der Waals surface area contributed by atoms with Gasteiger partial charge in [0.05, 0.1) is 0 Å². The van der Waals surface area contributed by atoms with Crippen LogP contribution in [0.1, 0.15) is 32.8 Å². The lowest BCUT2D eigenvalue weighted by Gasteiger charge is -2.31. The normalized spacial score (nSPS) is 17.5. The van der Waals surface area contributed by atoms with Gasteiger partial charge < -0.3 is 9.47 Å². The molecule has 0 bridgehead atoms. The third kappa shape index (κ3) is 4.68. The van der Waals surface area contributed by atoms with Crippen LogP contribution in [0, 0.1) is 0 Å². The van der Waals surface area contributed by atoms with Crippen molar-refractivity contribution in [3.8, 4) is 0 Å². The molecule has 1 aliphatic rings. The average molecular weight is 331 g/mol. The van der Waals surface area contributed by atoms with Gasteiger partial charge in [-0.05, 0) is 38.8 Å². The fourth-order valence-corrected chi connectivity index (χ4v) is 2.19. The Kier molecular flexibility index (Phi) is 5.39. The first kappa shape index (κ1) is 17.7. The van der Waals surface area contributed by atoms with Crippen LogP contribution in [0.5, 0.6) is 0 Å². The van der Waals surface area contributed by atoms with Crippen LogP contribution in [0.2, 0.25) is 0 Å². The molecule has 0 saturated heterocycles. The van der Waals surface area contributed by atoms with Gasteiger partial charge in [0.25, 0.3) is 5.91 Å². The summed E-state index contributed by atoms with van der Waals surface area (Å²) in [6.45, 7) is 5.16. The third-order valence-electron chi connectivity index (χ3n) is 3.26. The molecule has 6 heteroatoms. The molecule has 0 unspecified atom stereocenters. The second-order valence-electron chi connectivity index (χ2n) is 6.44. The number of rotatable bonds is 3. The van der Waals surface area contributed by atoms with Gasteiger partial charge >= 0.3 is 12.1 Å². The molecule has 128 valence electrons. The summed E-state index contributed by atoms with van der Waals surface area (Å²) in [5, 5.41) is 0. The highest BCUT2D eigenvalue weighted by Gasteiger charge is 2.38. The Morgan fingerprint density at radius 2 is 1.88 bits per heavy atom. The number of benzene rings is 1. The second-order valence-corrected chi connectivity index (χ2v) is 6.44. The summed E-state index contributed by atoms with van der Waals surface area (Å²) < 4.78 is 10.5. The van der Waals surface area contributed by atoms with Crippen molar-refractivity contribution in [1.29, 1.82) is 0 Å². The zero-order valence-electron chi connectivity index (χ0n) is 14.0. The van der Waals surface area contributed by atoms with Crippen molar-refractivity contribution in [2.24, 2.45) is 0 Å². The molecule has 1 aromatic rings. The predicted molar refractivity (Wildman–Crippen MR) is 86.9 cm³/mol. The monoisotopic (exact) mass is 331 g/mol. The molecule has 0 aliphatic carbocycles. The van der Waals surface area contributed by atoms with Crippen molar-refractivity contribution in [3.05, 3.63) is 48.0 Å². The van der Waals surface area contributed by atoms with Crippen LogP contribution in [0.4, 0.5) is 4.79 Å². The first-order chi connectivity index (χ1) is 11.3. The maximum Gasteiger partial charge on any atom is 0.418 e. The van der Waals surface area contributed by atoms with Crippen LogP contribution in [0.25, 0.3) is 0 Å². The molecule has 2 rings (SSSR count). The van der Waals surface area contributed by atoms with Crippen LogP contribution >= 0.6 is 0 Å². The topological polar surface area (TPSA) is 72.9 Å². The molecule has 1 aromatic carbocycles. The summed E-state index contributed by atoms with van der Waals surface area (Å²) in [5.41, 5.74) is 0.0594. The highest BCUT2D eigenvalue weighted by atomic mass is 16.6. The zero-order chi connectivity index (χ0) is 17.7. The van der Waals surface area contributed by atoms with Crippen molar-refractivity contribution in [2.45, 2.75) is 45.4 Å². The lowest BCUT2D eigenvalue weighted by Crippen LogP contribution is -2.51. The van der Waals surface area contributed by atoms with Gasteiger partial charge in [-0.2, -0.15) is 0 Å². The van der Waals surface area contributed by atoms with Crippen LogP contribution in [0.15, 0.2) is 42.5 Å². The second kappa shape index (κ2) is 7.29. The molecule has 0 N–H and O–H groups in total. The van der Waals surface area contributed by atoms with E-state index in [9.17, 15) is 14.4 Å². The molecule has 0 fully saturated rings. The smallest absolute Gasteiger partial charge is 0.418 e. The average Bonchev–Trinajstić information content (AvgIpc) is 2.51. The molecule has 1 aliphatic heterocycles. The lowest BCUT2D eigenvalue weighted by molar-refractivity contribution is -0.154. The van der Waals surface area contributed by atoms with Gasteiger partial charge in [0.2, 0.25) is 0 Å². The van der Waals surface area contributed by atoms with Gasteiger partial charge in [0.15, 0.2) is 0 Å². The van der Waals surface area contributed by atoms with Gasteiger partial charge in [-0.15, -0.1) is 0 Å². The van der Waals surface area contributed by atoms with Crippen molar-refractivity contribution in [3.63, 3.8) is 0 Å². The van der Waals surface area contributed by atoms with Crippen molar-refractivity contribution >= 4 is 18.0 Å². The molecular formula is C18H21NO5. The maximum absolute atomic E-state index is 12.3. The summed E-state index contributed by atoms with van der Waals surface area (Å²) in [4.78, 5) is 37.5. The van der Waals surface area contributed by atoms with Gasteiger partial charge in [-0.25, -0.2) is 14.5 Å². The number of hydrogen-bond donors (Lipinski definition) is 0. The summed E-state index contributed by atoms with van der Waals surface area (Å²) in [5.74, 6) is -1.22. The Morgan fingerprint density at radius 3 is 2.50 bits per heavy atom. The lowest BCUT2D eigenvalue weighted by atomic mass is 10.1. The van der Waals surface area contributed by atoms with E-state index in [1.54, 1.807) is 26.8 Å². The Balaban J connectivity index is 2.07. The molecule has 0 saturated carbocycles. The summed E-state index contributed by atoms with van der Waals surface area (Å²) in [7, 11) is 0. The van der Waals surface area contributed by atoms with E-state index in [1.165, 1.54) is 6.08 Å². The summed E-state index contributed by atoms with van der Waals surface area (Å²) >= 11 is 0. The summed E-state index contributed by atoms with van der Waals surface area (Å²) in [6, 6.07) is 8.17. The minimum absolute atomic E-state index is 0.0796. The Morgan fingerprint density at radius 1 is 1.21 bits per heavy atom. The van der Waals surface area contributed by atoms with Crippen molar-refractivity contribution < 1.29 is 23.9 Å². The number of nitrogens with zero attached hydrogens (tertiary/aromatic N) is 1. The molecule has 1 heterocycles. The quantitative estimate of drug-likeness (QED) is 0.796. The largest absolute Gasteiger partial charge is 0.459 e. The zero-order valence-corrected chi connectivity index (χ0v) is 14.0. The number of hydrogen-bond acceptors (Lipinski definition) is 5. The molecule has 0 aromatic heterocycles. The highest BCUT2D eigenvalue weighted by Crippen LogP contribution is 2.19. The minimum Gasteiger partial charge on any atom is -0.459 e. The van der Waals surface area contributed by atoms with Gasteiger partial charge in [-0.3, -0.25) is 4.79 Å². The van der Waals surface area contributed by atoms with Crippen LogP contribution in [-0.2, 0) is 25.7 Å². The van der Waals surface area contributed by atoms with Crippen molar-refractivity contribution in [1.82, 2.24) is 4.90 Å². The number of carbonyl (C=O) groups is 3. The predicted octanol–water partition coefficient (Wildman–Crippen LogP) is 2.82. The highest BCUT2D eigenvalue weighted by molar-refractivity contribution is 6.03. The SMILES string of the molecule is CC(C)(C)OC(=O)N1C(=O)C=CC[C@H]1C(=O)OCc1ccccc1. The van der Waals surface area contributed by atoms with E-state index >= 15 is 0 Å². The van der Waals surface area contributed by atoms with E-state index in [1.807, 2.05) is 30.3 Å². The Bertz CT molecular complexity index is 645. The van der Waals surface area contributed by atoms with E-state index < -0.39 is 29.6 Å². The summed E-state index contributed by atoms with van der Waals surface area (Å²) in [6.07, 6.45) is 2.17. The third-order valence-corrected chi connectivity index (χ3v) is 3.26. The number of imide groups is 1. The Hall–Kier alpha value is -2.63. The van der Waals surface area contributed by atoms with Crippen LogP contribution < -0.4 is 0 Å². The molecule has 6 nitrogen and oxygen atoms in total. The number of amides is 2. The van der Waals surface area contributed by atoms with Gasteiger partial charge in [0.1, 0.15) is 18.2 Å². The number of ether oxygens (including phenoxy) is 2. The van der Waals surface area contributed by atoms with E-state index in [-0.39, 0.29) is 13.0 Å². The van der Waals surface area contributed by atoms with Gasteiger partial charge in [0, 0.05) is 0 Å². The van der Waals surface area contributed by atoms with Crippen LogP contribution in [-0.4, -0.2) is 34.5 Å². The minimum atomic E-state index is -1.01. The molecular weight excluding hydrogens is 310 g/mol. The van der Waals surface area contributed by atoms with E-state index in [0.717, 1.165) is 10.5 Å². The van der Waals surface area contributed by atoms with E-state index in [2.05, 4.69) is 0 Å². The number of carbonyl (C=O) groups excluding carboxylic acids is 3. The number of esters is 1. The fourth-order valence-electron chi connectivity index (χ4n) is 2.19. The molecule has 0 radical (unpaired) electrons. The molecule has 0 spiro atoms.